The third-order valence-electron chi connectivity index (χ3n) is 6.37. The zero-order chi connectivity index (χ0) is 22.1. The maximum atomic E-state index is 13.4. The highest BCUT2D eigenvalue weighted by molar-refractivity contribution is 7.17. The highest BCUT2D eigenvalue weighted by atomic mass is 32.1. The van der Waals surface area contributed by atoms with E-state index in [0.717, 1.165) is 30.4 Å². The molecule has 162 valence electrons. The molecule has 0 aliphatic heterocycles. The quantitative estimate of drug-likeness (QED) is 0.643. The molecule has 0 bridgehead atoms. The number of rotatable bonds is 5. The van der Waals surface area contributed by atoms with E-state index in [4.69, 9.17) is 0 Å². The van der Waals surface area contributed by atoms with Gasteiger partial charge in [0.1, 0.15) is 5.00 Å². The maximum absolute atomic E-state index is 13.4. The molecule has 30 heavy (non-hydrogen) atoms. The van der Waals surface area contributed by atoms with Crippen molar-refractivity contribution in [1.29, 1.82) is 0 Å². The summed E-state index contributed by atoms with van der Waals surface area (Å²) in [6, 6.07) is 7.57. The number of hydrogen-bond donors (Lipinski definition) is 1. The first-order chi connectivity index (χ1) is 14.2. The van der Waals surface area contributed by atoms with Gasteiger partial charge in [-0.2, -0.15) is 0 Å². The molecule has 0 saturated heterocycles. The third-order valence-corrected chi connectivity index (χ3v) is 7.54. The van der Waals surface area contributed by atoms with E-state index in [2.05, 4.69) is 26.1 Å². The lowest BCUT2D eigenvalue weighted by atomic mass is 9.72. The van der Waals surface area contributed by atoms with Gasteiger partial charge in [-0.3, -0.25) is 9.59 Å². The van der Waals surface area contributed by atoms with Crippen molar-refractivity contribution in [2.24, 2.45) is 11.3 Å². The summed E-state index contributed by atoms with van der Waals surface area (Å²) in [5.41, 5.74) is 3.68. The maximum Gasteiger partial charge on any atom is 0.257 e. The molecule has 2 amide bonds. The molecule has 3 rings (SSSR count). The fraction of sp³-hybridized carbons (Fsp3) is 0.520. The van der Waals surface area contributed by atoms with Crippen LogP contribution in [0.3, 0.4) is 0 Å². The van der Waals surface area contributed by atoms with Gasteiger partial charge in [-0.15, -0.1) is 11.3 Å². The fourth-order valence-corrected chi connectivity index (χ4v) is 5.62. The Morgan fingerprint density at radius 3 is 2.43 bits per heavy atom. The molecule has 0 fully saturated rings. The monoisotopic (exact) mass is 426 g/mol. The van der Waals surface area contributed by atoms with Gasteiger partial charge in [-0.25, -0.2) is 0 Å². The van der Waals surface area contributed by atoms with Crippen LogP contribution in [0.25, 0.3) is 0 Å². The molecule has 2 aromatic rings. The van der Waals surface area contributed by atoms with Crippen LogP contribution in [-0.4, -0.2) is 29.8 Å². The summed E-state index contributed by atoms with van der Waals surface area (Å²) in [4.78, 5) is 29.5. The van der Waals surface area contributed by atoms with Crippen LogP contribution in [0.4, 0.5) is 5.00 Å². The van der Waals surface area contributed by atoms with E-state index in [0.29, 0.717) is 35.1 Å². The molecule has 0 saturated carbocycles. The Labute approximate surface area is 184 Å². The van der Waals surface area contributed by atoms with Crippen LogP contribution in [0, 0.1) is 18.3 Å². The van der Waals surface area contributed by atoms with Crippen molar-refractivity contribution in [3.63, 3.8) is 0 Å². The zero-order valence-corrected chi connectivity index (χ0v) is 19.9. The molecular weight excluding hydrogens is 392 g/mol. The summed E-state index contributed by atoms with van der Waals surface area (Å²) in [6.45, 7) is 14.1. The van der Waals surface area contributed by atoms with Crippen molar-refractivity contribution in [3.8, 4) is 0 Å². The SMILES string of the molecule is CCN(CC)C(=O)c1c(NC(=O)c2ccccc2C)sc2c1CCC(C(C)(C)C)C2. The average Bonchev–Trinajstić information content (AvgIpc) is 3.05. The van der Waals surface area contributed by atoms with E-state index in [-0.39, 0.29) is 17.2 Å². The summed E-state index contributed by atoms with van der Waals surface area (Å²) in [6.07, 6.45) is 2.95. The van der Waals surface area contributed by atoms with Crippen LogP contribution >= 0.6 is 11.3 Å². The van der Waals surface area contributed by atoms with E-state index < -0.39 is 0 Å². The van der Waals surface area contributed by atoms with Crippen LogP contribution in [0.1, 0.15) is 77.8 Å². The van der Waals surface area contributed by atoms with Gasteiger partial charge in [0.2, 0.25) is 0 Å². The van der Waals surface area contributed by atoms with Gasteiger partial charge in [0.15, 0.2) is 0 Å². The number of benzene rings is 1. The lowest BCUT2D eigenvalue weighted by molar-refractivity contribution is 0.0772. The topological polar surface area (TPSA) is 49.4 Å². The molecule has 1 unspecified atom stereocenters. The number of hydrogen-bond acceptors (Lipinski definition) is 3. The highest BCUT2D eigenvalue weighted by Crippen LogP contribution is 2.44. The first kappa shape index (κ1) is 22.5. The van der Waals surface area contributed by atoms with Crippen molar-refractivity contribution in [2.45, 2.75) is 60.8 Å². The summed E-state index contributed by atoms with van der Waals surface area (Å²) in [5, 5.41) is 3.80. The summed E-state index contributed by atoms with van der Waals surface area (Å²) in [5.74, 6) is 0.472. The first-order valence-electron chi connectivity index (χ1n) is 11.0. The number of thiophene rings is 1. The molecule has 1 atom stereocenters. The molecule has 1 aromatic carbocycles. The number of anilines is 1. The first-order valence-corrected chi connectivity index (χ1v) is 11.8. The summed E-state index contributed by atoms with van der Waals surface area (Å²) >= 11 is 1.60. The van der Waals surface area contributed by atoms with Gasteiger partial charge in [-0.05, 0) is 68.6 Å². The average molecular weight is 427 g/mol. The van der Waals surface area contributed by atoms with Crippen LogP contribution in [-0.2, 0) is 12.8 Å². The summed E-state index contributed by atoms with van der Waals surface area (Å²) in [7, 11) is 0. The van der Waals surface area contributed by atoms with Gasteiger partial charge in [0.25, 0.3) is 11.8 Å². The lowest BCUT2D eigenvalue weighted by Crippen LogP contribution is -2.32. The number of carbonyl (C=O) groups is 2. The van der Waals surface area contributed by atoms with Gasteiger partial charge >= 0.3 is 0 Å². The number of nitrogens with zero attached hydrogens (tertiary/aromatic N) is 1. The predicted octanol–water partition coefficient (Wildman–Crippen LogP) is 5.94. The Hall–Kier alpha value is -2.14. The van der Waals surface area contributed by atoms with Gasteiger partial charge in [-0.1, -0.05) is 39.0 Å². The Morgan fingerprint density at radius 1 is 1.17 bits per heavy atom. The van der Waals surface area contributed by atoms with Gasteiger partial charge in [0, 0.05) is 23.5 Å². The number of amides is 2. The molecule has 0 radical (unpaired) electrons. The minimum atomic E-state index is -0.146. The molecule has 4 nitrogen and oxygen atoms in total. The predicted molar refractivity (Wildman–Crippen MR) is 126 cm³/mol. The van der Waals surface area contributed by atoms with Crippen LogP contribution in [0.15, 0.2) is 24.3 Å². The van der Waals surface area contributed by atoms with E-state index in [1.54, 1.807) is 11.3 Å². The fourth-order valence-electron chi connectivity index (χ4n) is 4.31. The second-order valence-electron chi connectivity index (χ2n) is 9.26. The zero-order valence-electron chi connectivity index (χ0n) is 19.1. The van der Waals surface area contributed by atoms with Crippen LogP contribution in [0.2, 0.25) is 0 Å². The molecule has 1 aliphatic rings. The highest BCUT2D eigenvalue weighted by Gasteiger charge is 2.35. The third kappa shape index (κ3) is 4.46. The van der Waals surface area contributed by atoms with Crippen molar-refractivity contribution < 1.29 is 9.59 Å². The van der Waals surface area contributed by atoms with Gasteiger partial charge < -0.3 is 10.2 Å². The normalized spacial score (nSPS) is 16.1. The standard InChI is InChI=1S/C25H34N2O2S/c1-7-27(8-2)24(29)21-19-14-13-17(25(4,5)6)15-20(19)30-23(21)26-22(28)18-12-10-9-11-16(18)3/h9-12,17H,7-8,13-15H2,1-6H3,(H,26,28). The molecular formula is C25H34N2O2S. The molecule has 1 heterocycles. The molecule has 1 aromatic heterocycles. The molecule has 5 heteroatoms. The Balaban J connectivity index is 2.01. The van der Waals surface area contributed by atoms with E-state index in [1.165, 1.54) is 4.88 Å². The van der Waals surface area contributed by atoms with Crippen LogP contribution in [0.5, 0.6) is 0 Å². The second-order valence-corrected chi connectivity index (χ2v) is 10.4. The minimum Gasteiger partial charge on any atom is -0.339 e. The number of nitrogens with one attached hydrogen (secondary N) is 1. The number of carbonyl (C=O) groups excluding carboxylic acids is 2. The second kappa shape index (κ2) is 8.93. The number of aryl methyl sites for hydroxylation is 1. The summed E-state index contributed by atoms with van der Waals surface area (Å²) < 4.78 is 0. The van der Waals surface area contributed by atoms with E-state index >= 15 is 0 Å². The Bertz CT molecular complexity index is 935. The van der Waals surface area contributed by atoms with E-state index in [9.17, 15) is 9.59 Å². The van der Waals surface area contributed by atoms with Crippen molar-refractivity contribution in [3.05, 3.63) is 51.4 Å². The Kier molecular flexibility index (Phi) is 6.71. The Morgan fingerprint density at radius 2 is 1.83 bits per heavy atom. The van der Waals surface area contributed by atoms with Crippen molar-refractivity contribution in [2.75, 3.05) is 18.4 Å². The number of fused-ring (bicyclic) bond motifs is 1. The molecule has 0 spiro atoms. The van der Waals surface area contributed by atoms with Gasteiger partial charge in [0.05, 0.1) is 5.56 Å². The lowest BCUT2D eigenvalue weighted by Gasteiger charge is -2.34. The smallest absolute Gasteiger partial charge is 0.257 e. The molecule has 1 aliphatic carbocycles. The largest absolute Gasteiger partial charge is 0.339 e. The molecule has 1 N–H and O–H groups in total. The van der Waals surface area contributed by atoms with Crippen LogP contribution < -0.4 is 5.32 Å². The minimum absolute atomic E-state index is 0.0341. The van der Waals surface area contributed by atoms with Crippen molar-refractivity contribution in [1.82, 2.24) is 4.90 Å². The van der Waals surface area contributed by atoms with E-state index in [1.807, 2.05) is 49.9 Å². The van der Waals surface area contributed by atoms with Crippen molar-refractivity contribution >= 4 is 28.2 Å².